The van der Waals surface area contributed by atoms with Crippen molar-refractivity contribution in [3.8, 4) is 12.1 Å². The Morgan fingerprint density at radius 2 is 1.48 bits per heavy atom. The molecule has 0 saturated heterocycles. The lowest BCUT2D eigenvalue weighted by molar-refractivity contribution is -0.146. The number of carbonyl (C=O) groups is 2. The van der Waals surface area contributed by atoms with Crippen LogP contribution in [0.1, 0.15) is 19.4 Å². The van der Waals surface area contributed by atoms with Gasteiger partial charge in [0, 0.05) is 25.4 Å². The zero-order valence-electron chi connectivity index (χ0n) is 15.8. The number of rotatable bonds is 7. The quantitative estimate of drug-likeness (QED) is 0.182. The summed E-state index contributed by atoms with van der Waals surface area (Å²) in [5.41, 5.74) is 0.937. The molecule has 7 heteroatoms. The van der Waals surface area contributed by atoms with Gasteiger partial charge in [-0.15, -0.1) is 0 Å². The molecule has 0 aliphatic heterocycles. The van der Waals surface area contributed by atoms with E-state index in [4.69, 9.17) is 9.47 Å². The molecule has 0 bridgehead atoms. The van der Waals surface area contributed by atoms with E-state index in [0.717, 1.165) is 5.69 Å². The van der Waals surface area contributed by atoms with Gasteiger partial charge in [0.2, 0.25) is 0 Å². The fourth-order valence-electron chi connectivity index (χ4n) is 2.15. The first kappa shape index (κ1) is 21.5. The summed E-state index contributed by atoms with van der Waals surface area (Å²) in [6.45, 7) is 3.34. The first-order chi connectivity index (χ1) is 12.9. The average Bonchev–Trinajstić information content (AvgIpc) is 2.65. The third-order valence-electron chi connectivity index (χ3n) is 3.47. The predicted molar refractivity (Wildman–Crippen MR) is 100 cm³/mol. The molecule has 1 aromatic carbocycles. The Morgan fingerprint density at radius 3 is 1.85 bits per heavy atom. The van der Waals surface area contributed by atoms with Crippen molar-refractivity contribution >= 4 is 23.2 Å². The summed E-state index contributed by atoms with van der Waals surface area (Å²) in [5, 5.41) is 18.6. The summed E-state index contributed by atoms with van der Waals surface area (Å²) < 4.78 is 9.81. The minimum absolute atomic E-state index is 0.0650. The van der Waals surface area contributed by atoms with Gasteiger partial charge in [-0.05, 0) is 37.6 Å². The molecule has 0 aliphatic rings. The van der Waals surface area contributed by atoms with E-state index in [1.807, 2.05) is 19.0 Å². The standard InChI is InChI=1S/C20H21N3O4/c1-5-26-19(24)18(20(25)27-6-2)11-17(15(12-21)13-22)14-7-9-16(10-8-14)23(3)4/h7-11H,5-6H2,1-4H3. The third-order valence-corrected chi connectivity index (χ3v) is 3.47. The molecular formula is C20H21N3O4. The second kappa shape index (κ2) is 10.4. The van der Waals surface area contributed by atoms with Crippen LogP contribution in [0, 0.1) is 22.7 Å². The smallest absolute Gasteiger partial charge is 0.345 e. The lowest BCUT2D eigenvalue weighted by Gasteiger charge is -2.13. The number of hydrogen-bond acceptors (Lipinski definition) is 7. The van der Waals surface area contributed by atoms with Crippen LogP contribution in [-0.4, -0.2) is 39.2 Å². The van der Waals surface area contributed by atoms with E-state index in [9.17, 15) is 20.1 Å². The maximum atomic E-state index is 12.2. The molecule has 140 valence electrons. The van der Waals surface area contributed by atoms with Gasteiger partial charge in [0.05, 0.1) is 13.2 Å². The van der Waals surface area contributed by atoms with Crippen molar-refractivity contribution < 1.29 is 19.1 Å². The van der Waals surface area contributed by atoms with Crippen molar-refractivity contribution in [2.24, 2.45) is 0 Å². The first-order valence-corrected chi connectivity index (χ1v) is 8.27. The van der Waals surface area contributed by atoms with E-state index in [1.54, 1.807) is 50.3 Å². The second-order valence-electron chi connectivity index (χ2n) is 5.45. The number of benzene rings is 1. The average molecular weight is 367 g/mol. The number of nitriles is 2. The number of esters is 2. The van der Waals surface area contributed by atoms with Gasteiger partial charge in [0.15, 0.2) is 0 Å². The highest BCUT2D eigenvalue weighted by atomic mass is 16.6. The summed E-state index contributed by atoms with van der Waals surface area (Å²) in [7, 11) is 3.75. The molecule has 0 spiro atoms. The second-order valence-corrected chi connectivity index (χ2v) is 5.45. The van der Waals surface area contributed by atoms with Crippen LogP contribution in [0.3, 0.4) is 0 Å². The van der Waals surface area contributed by atoms with Crippen molar-refractivity contribution in [2.45, 2.75) is 13.8 Å². The maximum absolute atomic E-state index is 12.2. The minimum Gasteiger partial charge on any atom is -0.462 e. The lowest BCUT2D eigenvalue weighted by atomic mass is 9.98. The molecule has 0 fully saturated rings. The molecule has 0 atom stereocenters. The minimum atomic E-state index is -0.881. The maximum Gasteiger partial charge on any atom is 0.345 e. The van der Waals surface area contributed by atoms with Gasteiger partial charge in [0.1, 0.15) is 23.3 Å². The van der Waals surface area contributed by atoms with Crippen LogP contribution in [-0.2, 0) is 19.1 Å². The third kappa shape index (κ3) is 5.72. The Kier molecular flexibility index (Phi) is 8.28. The van der Waals surface area contributed by atoms with Crippen LogP contribution in [0.15, 0.2) is 41.5 Å². The molecule has 0 saturated carbocycles. The largest absolute Gasteiger partial charge is 0.462 e. The molecule has 0 aromatic heterocycles. The Bertz CT molecular complexity index is 801. The van der Waals surface area contributed by atoms with Crippen LogP contribution in [0.25, 0.3) is 5.57 Å². The molecule has 1 rings (SSSR count). The molecule has 0 radical (unpaired) electrons. The predicted octanol–water partition coefficient (Wildman–Crippen LogP) is 2.61. The highest BCUT2D eigenvalue weighted by molar-refractivity contribution is 6.16. The summed E-state index contributed by atoms with van der Waals surface area (Å²) >= 11 is 0. The molecule has 0 aliphatic carbocycles. The van der Waals surface area contributed by atoms with Crippen molar-refractivity contribution in [1.82, 2.24) is 0 Å². The zero-order valence-corrected chi connectivity index (χ0v) is 15.8. The van der Waals surface area contributed by atoms with Gasteiger partial charge >= 0.3 is 11.9 Å². The van der Waals surface area contributed by atoms with Crippen LogP contribution in [0.5, 0.6) is 0 Å². The van der Waals surface area contributed by atoms with E-state index in [0.29, 0.717) is 5.56 Å². The Morgan fingerprint density at radius 1 is 1.00 bits per heavy atom. The SMILES string of the molecule is CCOC(=O)C(=CC(=C(C#N)C#N)c1ccc(N(C)C)cc1)C(=O)OCC. The lowest BCUT2D eigenvalue weighted by Crippen LogP contribution is -2.18. The van der Waals surface area contributed by atoms with Crippen LogP contribution in [0.2, 0.25) is 0 Å². The van der Waals surface area contributed by atoms with Crippen LogP contribution < -0.4 is 4.90 Å². The topological polar surface area (TPSA) is 103 Å². The van der Waals surface area contributed by atoms with E-state index in [2.05, 4.69) is 0 Å². The van der Waals surface area contributed by atoms with Gasteiger partial charge < -0.3 is 14.4 Å². The monoisotopic (exact) mass is 367 g/mol. The van der Waals surface area contributed by atoms with Gasteiger partial charge in [-0.1, -0.05) is 12.1 Å². The summed E-state index contributed by atoms with van der Waals surface area (Å²) in [6.07, 6.45) is 1.17. The molecule has 27 heavy (non-hydrogen) atoms. The van der Waals surface area contributed by atoms with Gasteiger partial charge in [-0.25, -0.2) is 9.59 Å². The number of ether oxygens (including phenoxy) is 2. The number of hydrogen-bond donors (Lipinski definition) is 0. The number of nitrogens with zero attached hydrogens (tertiary/aromatic N) is 3. The molecule has 0 amide bonds. The summed E-state index contributed by atoms with van der Waals surface area (Å²) in [4.78, 5) is 26.3. The summed E-state index contributed by atoms with van der Waals surface area (Å²) in [6, 6.07) is 10.6. The first-order valence-electron chi connectivity index (χ1n) is 8.27. The van der Waals surface area contributed by atoms with Crippen LogP contribution in [0.4, 0.5) is 5.69 Å². The van der Waals surface area contributed by atoms with Gasteiger partial charge in [0.25, 0.3) is 0 Å². The molecular weight excluding hydrogens is 346 g/mol. The van der Waals surface area contributed by atoms with Crippen molar-refractivity contribution in [3.63, 3.8) is 0 Å². The number of allylic oxidation sites excluding steroid dienone is 3. The fraction of sp³-hybridized carbons (Fsp3) is 0.300. The van der Waals surface area contributed by atoms with Gasteiger partial charge in [-0.3, -0.25) is 0 Å². The summed E-state index contributed by atoms with van der Waals surface area (Å²) in [5.74, 6) is -1.76. The van der Waals surface area contributed by atoms with E-state index >= 15 is 0 Å². The highest BCUT2D eigenvalue weighted by Gasteiger charge is 2.23. The molecule has 0 N–H and O–H groups in total. The molecule has 0 heterocycles. The number of anilines is 1. The molecule has 7 nitrogen and oxygen atoms in total. The van der Waals surface area contributed by atoms with E-state index < -0.39 is 11.9 Å². The normalized spacial score (nSPS) is 9.26. The fourth-order valence-corrected chi connectivity index (χ4v) is 2.15. The Balaban J connectivity index is 3.58. The number of carbonyl (C=O) groups excluding carboxylic acids is 2. The molecule has 1 aromatic rings. The van der Waals surface area contributed by atoms with E-state index in [1.165, 1.54) is 6.08 Å². The van der Waals surface area contributed by atoms with Crippen LogP contribution >= 0.6 is 0 Å². The Labute approximate surface area is 158 Å². The Hall–Kier alpha value is -3.58. The molecule has 0 unspecified atom stereocenters. The van der Waals surface area contributed by atoms with E-state index in [-0.39, 0.29) is 29.9 Å². The van der Waals surface area contributed by atoms with Crippen molar-refractivity contribution in [3.05, 3.63) is 47.1 Å². The van der Waals surface area contributed by atoms with Gasteiger partial charge in [-0.2, -0.15) is 10.5 Å². The van der Waals surface area contributed by atoms with Crippen molar-refractivity contribution in [1.29, 1.82) is 10.5 Å². The zero-order chi connectivity index (χ0) is 20.4. The van der Waals surface area contributed by atoms with Crippen molar-refractivity contribution in [2.75, 3.05) is 32.2 Å². The highest BCUT2D eigenvalue weighted by Crippen LogP contribution is 2.25.